The minimum atomic E-state index is -0.459. The SMILES string of the molecule is COc1cc(/C=N\NC(=S)Nc2cccc(Cl)c2)ccc1OC(=O)c1ccc(C)cc1. The van der Waals surface area contributed by atoms with Crippen molar-refractivity contribution in [2.45, 2.75) is 6.92 Å². The van der Waals surface area contributed by atoms with Crippen LogP contribution in [0.1, 0.15) is 21.5 Å². The molecule has 3 aromatic carbocycles. The molecule has 31 heavy (non-hydrogen) atoms. The van der Waals surface area contributed by atoms with Crippen molar-refractivity contribution in [1.29, 1.82) is 0 Å². The first-order chi connectivity index (χ1) is 14.9. The predicted molar refractivity (Wildman–Crippen MR) is 128 cm³/mol. The Morgan fingerprint density at radius 2 is 1.84 bits per heavy atom. The Bertz CT molecular complexity index is 1120. The number of esters is 1. The minimum absolute atomic E-state index is 0.314. The van der Waals surface area contributed by atoms with Crippen LogP contribution in [-0.4, -0.2) is 24.4 Å². The fourth-order valence-corrected chi connectivity index (χ4v) is 2.95. The Kier molecular flexibility index (Phi) is 7.59. The number of carbonyl (C=O) groups is 1. The van der Waals surface area contributed by atoms with E-state index in [1.165, 1.54) is 7.11 Å². The molecule has 6 nitrogen and oxygen atoms in total. The van der Waals surface area contributed by atoms with Crippen LogP contribution >= 0.6 is 23.8 Å². The lowest BCUT2D eigenvalue weighted by molar-refractivity contribution is 0.0729. The number of hydrazone groups is 1. The number of rotatable bonds is 6. The summed E-state index contributed by atoms with van der Waals surface area (Å²) in [4.78, 5) is 12.4. The molecule has 0 saturated carbocycles. The number of benzene rings is 3. The number of nitrogens with zero attached hydrogens (tertiary/aromatic N) is 1. The second-order valence-corrected chi connectivity index (χ2v) is 7.34. The van der Waals surface area contributed by atoms with Gasteiger partial charge in [-0.3, -0.25) is 5.43 Å². The van der Waals surface area contributed by atoms with Crippen molar-refractivity contribution < 1.29 is 14.3 Å². The first-order valence-electron chi connectivity index (χ1n) is 9.27. The van der Waals surface area contributed by atoms with Gasteiger partial charge in [-0.2, -0.15) is 5.10 Å². The van der Waals surface area contributed by atoms with Crippen LogP contribution in [0.3, 0.4) is 0 Å². The zero-order valence-corrected chi connectivity index (χ0v) is 18.5. The van der Waals surface area contributed by atoms with Crippen LogP contribution in [0.25, 0.3) is 0 Å². The molecule has 0 bridgehead atoms. The summed E-state index contributed by atoms with van der Waals surface area (Å²) in [6.07, 6.45) is 1.57. The summed E-state index contributed by atoms with van der Waals surface area (Å²) in [5, 5.41) is 8.01. The van der Waals surface area contributed by atoms with E-state index in [4.69, 9.17) is 33.3 Å². The number of ether oxygens (including phenoxy) is 2. The van der Waals surface area contributed by atoms with Crippen molar-refractivity contribution in [2.75, 3.05) is 12.4 Å². The number of nitrogens with one attached hydrogen (secondary N) is 2. The number of hydrogen-bond donors (Lipinski definition) is 2. The van der Waals surface area contributed by atoms with E-state index < -0.39 is 5.97 Å². The number of thiocarbonyl (C=S) groups is 1. The molecule has 158 valence electrons. The van der Waals surface area contributed by atoms with Gasteiger partial charge in [0.1, 0.15) is 0 Å². The summed E-state index contributed by atoms with van der Waals surface area (Å²) < 4.78 is 10.8. The predicted octanol–water partition coefficient (Wildman–Crippen LogP) is 5.20. The fraction of sp³-hybridized carbons (Fsp3) is 0.0870. The van der Waals surface area contributed by atoms with Crippen molar-refractivity contribution in [3.63, 3.8) is 0 Å². The molecule has 0 atom stereocenters. The zero-order valence-electron chi connectivity index (χ0n) is 16.9. The molecule has 0 saturated heterocycles. The Labute approximate surface area is 190 Å². The highest BCUT2D eigenvalue weighted by atomic mass is 35.5. The molecule has 8 heteroatoms. The van der Waals surface area contributed by atoms with Gasteiger partial charge in [0, 0.05) is 10.7 Å². The van der Waals surface area contributed by atoms with Crippen LogP contribution in [0.2, 0.25) is 5.02 Å². The molecule has 0 heterocycles. The first kappa shape index (κ1) is 22.3. The summed E-state index contributed by atoms with van der Waals surface area (Å²) >= 11 is 11.2. The standard InChI is InChI=1S/C23H20ClN3O3S/c1-15-6-9-17(10-7-15)22(28)30-20-11-8-16(12-21(20)29-2)14-25-27-23(31)26-19-5-3-4-18(24)13-19/h3-14H,1-2H3,(H2,26,27,31)/b25-14-. The van der Waals surface area contributed by atoms with Crippen LogP contribution in [0.5, 0.6) is 11.5 Å². The topological polar surface area (TPSA) is 71.9 Å². The van der Waals surface area contributed by atoms with E-state index in [1.807, 2.05) is 31.2 Å². The summed E-state index contributed by atoms with van der Waals surface area (Å²) in [5.74, 6) is 0.263. The Morgan fingerprint density at radius 1 is 1.06 bits per heavy atom. The highest BCUT2D eigenvalue weighted by molar-refractivity contribution is 7.80. The molecule has 2 N–H and O–H groups in total. The average Bonchev–Trinajstić information content (AvgIpc) is 2.75. The van der Waals surface area contributed by atoms with E-state index >= 15 is 0 Å². The van der Waals surface area contributed by atoms with Gasteiger partial charge in [0.25, 0.3) is 0 Å². The number of halogens is 1. The second-order valence-electron chi connectivity index (χ2n) is 6.50. The van der Waals surface area contributed by atoms with Crippen LogP contribution in [-0.2, 0) is 0 Å². The lowest BCUT2D eigenvalue weighted by Crippen LogP contribution is -2.23. The third-order valence-corrected chi connectivity index (χ3v) is 4.57. The summed E-state index contributed by atoms with van der Waals surface area (Å²) in [6, 6.07) is 19.4. The van der Waals surface area contributed by atoms with Gasteiger partial charge >= 0.3 is 5.97 Å². The van der Waals surface area contributed by atoms with E-state index in [9.17, 15) is 4.79 Å². The lowest BCUT2D eigenvalue weighted by Gasteiger charge is -2.10. The minimum Gasteiger partial charge on any atom is -0.493 e. The van der Waals surface area contributed by atoms with Crippen LogP contribution in [0.4, 0.5) is 5.69 Å². The number of hydrogen-bond acceptors (Lipinski definition) is 5. The smallest absolute Gasteiger partial charge is 0.343 e. The van der Waals surface area contributed by atoms with Crippen molar-refractivity contribution in [1.82, 2.24) is 5.43 Å². The summed E-state index contributed by atoms with van der Waals surface area (Å²) in [7, 11) is 1.50. The fourth-order valence-electron chi connectivity index (χ4n) is 2.59. The van der Waals surface area contributed by atoms with Crippen molar-refractivity contribution in [3.8, 4) is 11.5 Å². The second kappa shape index (κ2) is 10.6. The molecule has 0 fully saturated rings. The van der Waals surface area contributed by atoms with Crippen molar-refractivity contribution >= 4 is 46.8 Å². The van der Waals surface area contributed by atoms with E-state index in [2.05, 4.69) is 15.8 Å². The Morgan fingerprint density at radius 3 is 2.55 bits per heavy atom. The summed E-state index contributed by atoms with van der Waals surface area (Å²) in [5.41, 5.74) is 5.73. The van der Waals surface area contributed by atoms with Crippen LogP contribution in [0, 0.1) is 6.92 Å². The Hall–Kier alpha value is -3.42. The third-order valence-electron chi connectivity index (χ3n) is 4.14. The molecule has 0 unspecified atom stereocenters. The van der Waals surface area contributed by atoms with Gasteiger partial charge in [-0.05, 0) is 73.2 Å². The molecule has 0 aliphatic carbocycles. The molecule has 0 spiro atoms. The molecular formula is C23H20ClN3O3S. The van der Waals surface area contributed by atoms with Gasteiger partial charge in [-0.25, -0.2) is 4.79 Å². The third kappa shape index (κ3) is 6.53. The highest BCUT2D eigenvalue weighted by Gasteiger charge is 2.12. The molecule has 0 amide bonds. The maximum atomic E-state index is 12.4. The molecule has 0 radical (unpaired) electrons. The molecular weight excluding hydrogens is 434 g/mol. The van der Waals surface area contributed by atoms with Gasteiger partial charge in [-0.1, -0.05) is 35.4 Å². The monoisotopic (exact) mass is 453 g/mol. The number of carbonyl (C=O) groups excluding carboxylic acids is 1. The van der Waals surface area contributed by atoms with Gasteiger partial charge < -0.3 is 14.8 Å². The van der Waals surface area contributed by atoms with E-state index in [1.54, 1.807) is 48.7 Å². The normalized spacial score (nSPS) is 10.5. The molecule has 3 aromatic rings. The zero-order chi connectivity index (χ0) is 22.2. The van der Waals surface area contributed by atoms with Gasteiger partial charge in [0.2, 0.25) is 0 Å². The number of anilines is 1. The van der Waals surface area contributed by atoms with Gasteiger partial charge in [-0.15, -0.1) is 0 Å². The maximum absolute atomic E-state index is 12.4. The maximum Gasteiger partial charge on any atom is 0.343 e. The van der Waals surface area contributed by atoms with E-state index in [0.29, 0.717) is 27.2 Å². The lowest BCUT2D eigenvalue weighted by atomic mass is 10.1. The van der Waals surface area contributed by atoms with E-state index in [-0.39, 0.29) is 0 Å². The highest BCUT2D eigenvalue weighted by Crippen LogP contribution is 2.28. The van der Waals surface area contributed by atoms with Crippen molar-refractivity contribution in [3.05, 3.63) is 88.4 Å². The average molecular weight is 454 g/mol. The van der Waals surface area contributed by atoms with E-state index in [0.717, 1.165) is 16.8 Å². The first-order valence-corrected chi connectivity index (χ1v) is 10.1. The van der Waals surface area contributed by atoms with Crippen LogP contribution in [0.15, 0.2) is 71.8 Å². The molecule has 0 aromatic heterocycles. The summed E-state index contributed by atoms with van der Waals surface area (Å²) in [6.45, 7) is 1.95. The quantitative estimate of drug-likeness (QED) is 0.176. The molecule has 3 rings (SSSR count). The van der Waals surface area contributed by atoms with Crippen LogP contribution < -0.4 is 20.2 Å². The molecule has 0 aliphatic rings. The van der Waals surface area contributed by atoms with Crippen molar-refractivity contribution in [2.24, 2.45) is 5.10 Å². The van der Waals surface area contributed by atoms with Gasteiger partial charge in [0.15, 0.2) is 16.6 Å². The largest absolute Gasteiger partial charge is 0.493 e. The number of methoxy groups -OCH3 is 1. The molecule has 0 aliphatic heterocycles. The van der Waals surface area contributed by atoms with Gasteiger partial charge in [0.05, 0.1) is 18.9 Å². The number of aryl methyl sites for hydroxylation is 1. The Balaban J connectivity index is 1.61.